The van der Waals surface area contributed by atoms with Gasteiger partial charge >= 0.3 is 0 Å². The van der Waals surface area contributed by atoms with Crippen LogP contribution in [0.15, 0.2) is 47.3 Å². The molecule has 0 aliphatic rings. The van der Waals surface area contributed by atoms with Crippen molar-refractivity contribution in [2.75, 3.05) is 6.61 Å². The molecule has 1 aromatic rings. The van der Waals surface area contributed by atoms with Crippen LogP contribution in [0.1, 0.15) is 6.92 Å². The lowest BCUT2D eigenvalue weighted by atomic mass is 10.3. The van der Waals surface area contributed by atoms with Gasteiger partial charge in [-0.2, -0.15) is 0 Å². The molecule has 74 valence electrons. The minimum absolute atomic E-state index is 0.580. The molecule has 0 saturated heterocycles. The van der Waals surface area contributed by atoms with Crippen LogP contribution in [-0.4, -0.2) is 12.8 Å². The van der Waals surface area contributed by atoms with Gasteiger partial charge in [-0.25, -0.2) is 0 Å². The number of allylic oxidation sites excluding steroid dienone is 1. The van der Waals surface area contributed by atoms with Crippen molar-refractivity contribution in [1.29, 1.82) is 0 Å². The predicted molar refractivity (Wildman–Crippen MR) is 58.5 cm³/mol. The van der Waals surface area contributed by atoms with E-state index < -0.39 is 0 Å². The monoisotopic (exact) mass is 190 g/mol. The highest BCUT2D eigenvalue weighted by Gasteiger charge is 1.90. The minimum Gasteiger partial charge on any atom is -0.491 e. The summed E-state index contributed by atoms with van der Waals surface area (Å²) < 4.78 is 5.20. The smallest absolute Gasteiger partial charge is 0.152 e. The summed E-state index contributed by atoms with van der Waals surface area (Å²) in [5, 5.41) is 0. The number of hydrogen-bond donors (Lipinski definition) is 1. The maximum atomic E-state index is 5.34. The molecule has 0 saturated carbocycles. The first kappa shape index (κ1) is 10.3. The zero-order chi connectivity index (χ0) is 10.2. The van der Waals surface area contributed by atoms with Crippen LogP contribution >= 0.6 is 0 Å². The van der Waals surface area contributed by atoms with Crippen LogP contribution < -0.4 is 5.73 Å². The fourth-order valence-electron chi connectivity index (χ4n) is 0.947. The van der Waals surface area contributed by atoms with Crippen LogP contribution in [-0.2, 0) is 4.74 Å². The maximum absolute atomic E-state index is 5.34. The summed E-state index contributed by atoms with van der Waals surface area (Å²) in [6.45, 7) is 2.49. The summed E-state index contributed by atoms with van der Waals surface area (Å²) in [5.41, 5.74) is 6.23. The van der Waals surface area contributed by atoms with E-state index in [9.17, 15) is 0 Å². The number of rotatable bonds is 4. The van der Waals surface area contributed by atoms with Gasteiger partial charge in [-0.3, -0.25) is 4.99 Å². The molecule has 0 spiro atoms. The van der Waals surface area contributed by atoms with Gasteiger partial charge in [0.2, 0.25) is 0 Å². The third kappa shape index (κ3) is 3.31. The number of para-hydroxylation sites is 1. The molecule has 0 aliphatic heterocycles. The molecule has 14 heavy (non-hydrogen) atoms. The van der Waals surface area contributed by atoms with E-state index in [-0.39, 0.29) is 0 Å². The summed E-state index contributed by atoms with van der Waals surface area (Å²) in [6, 6.07) is 9.63. The normalized spacial score (nSPS) is 11.9. The molecule has 0 unspecified atom stereocenters. The first-order valence-corrected chi connectivity index (χ1v) is 4.50. The van der Waals surface area contributed by atoms with Gasteiger partial charge in [-0.1, -0.05) is 18.2 Å². The second-order valence-electron chi connectivity index (χ2n) is 2.60. The van der Waals surface area contributed by atoms with Gasteiger partial charge in [0.15, 0.2) is 5.76 Å². The fraction of sp³-hybridized carbons (Fsp3) is 0.182. The summed E-state index contributed by atoms with van der Waals surface area (Å²) in [4.78, 5) is 4.20. The zero-order valence-electron chi connectivity index (χ0n) is 8.18. The Kier molecular flexibility index (Phi) is 4.27. The molecule has 0 bridgehead atoms. The summed E-state index contributed by atoms with van der Waals surface area (Å²) >= 11 is 0. The van der Waals surface area contributed by atoms with E-state index in [4.69, 9.17) is 10.5 Å². The number of nitrogens with two attached hydrogens (primary N) is 1. The Morgan fingerprint density at radius 3 is 2.71 bits per heavy atom. The molecule has 0 fully saturated rings. The second kappa shape index (κ2) is 5.80. The van der Waals surface area contributed by atoms with Gasteiger partial charge < -0.3 is 10.5 Å². The molecule has 1 rings (SSSR count). The molecule has 2 N–H and O–H groups in total. The van der Waals surface area contributed by atoms with E-state index in [1.807, 2.05) is 37.3 Å². The van der Waals surface area contributed by atoms with Crippen LogP contribution in [0.3, 0.4) is 0 Å². The van der Waals surface area contributed by atoms with Crippen LogP contribution in [0.25, 0.3) is 0 Å². The van der Waals surface area contributed by atoms with E-state index in [1.54, 1.807) is 6.21 Å². The Balaban J connectivity index is 2.63. The standard InChI is InChI=1S/C11H14N2O/c1-2-14-11(8-12)9-13-10-6-4-3-5-7-10/h3-9H,2,12H2,1H3. The van der Waals surface area contributed by atoms with Crippen molar-refractivity contribution < 1.29 is 4.74 Å². The van der Waals surface area contributed by atoms with Crippen molar-refractivity contribution in [2.24, 2.45) is 10.7 Å². The molecule has 0 amide bonds. The van der Waals surface area contributed by atoms with E-state index in [0.29, 0.717) is 12.4 Å². The van der Waals surface area contributed by atoms with Gasteiger partial charge in [0.25, 0.3) is 0 Å². The number of benzene rings is 1. The Morgan fingerprint density at radius 2 is 2.14 bits per heavy atom. The van der Waals surface area contributed by atoms with Gasteiger partial charge in [-0.05, 0) is 19.1 Å². The fourth-order valence-corrected chi connectivity index (χ4v) is 0.947. The van der Waals surface area contributed by atoms with E-state index in [2.05, 4.69) is 4.99 Å². The van der Waals surface area contributed by atoms with Crippen LogP contribution in [0.5, 0.6) is 0 Å². The lowest BCUT2D eigenvalue weighted by Crippen LogP contribution is -1.96. The van der Waals surface area contributed by atoms with Gasteiger partial charge in [-0.15, -0.1) is 0 Å². The van der Waals surface area contributed by atoms with Crippen molar-refractivity contribution in [3.63, 3.8) is 0 Å². The van der Waals surface area contributed by atoms with Crippen molar-refractivity contribution in [3.05, 3.63) is 42.3 Å². The highest BCUT2D eigenvalue weighted by molar-refractivity contribution is 5.78. The highest BCUT2D eigenvalue weighted by Crippen LogP contribution is 2.09. The second-order valence-corrected chi connectivity index (χ2v) is 2.60. The van der Waals surface area contributed by atoms with Crippen LogP contribution in [0, 0.1) is 0 Å². The Morgan fingerprint density at radius 1 is 1.43 bits per heavy atom. The number of hydrogen-bond acceptors (Lipinski definition) is 3. The molecule has 0 heterocycles. The lowest BCUT2D eigenvalue weighted by molar-refractivity contribution is 0.250. The maximum Gasteiger partial charge on any atom is 0.152 e. The lowest BCUT2D eigenvalue weighted by Gasteiger charge is -2.00. The largest absolute Gasteiger partial charge is 0.491 e. The minimum atomic E-state index is 0.580. The van der Waals surface area contributed by atoms with Gasteiger partial charge in [0.05, 0.1) is 18.5 Å². The molecular weight excluding hydrogens is 176 g/mol. The van der Waals surface area contributed by atoms with Crippen molar-refractivity contribution in [2.45, 2.75) is 6.92 Å². The van der Waals surface area contributed by atoms with Gasteiger partial charge in [0.1, 0.15) is 0 Å². The van der Waals surface area contributed by atoms with E-state index >= 15 is 0 Å². The van der Waals surface area contributed by atoms with Crippen LogP contribution in [0.2, 0.25) is 0 Å². The Labute approximate surface area is 83.9 Å². The third-order valence-corrected chi connectivity index (χ3v) is 1.57. The molecular formula is C11H14N2O. The van der Waals surface area contributed by atoms with Gasteiger partial charge in [0, 0.05) is 6.20 Å². The highest BCUT2D eigenvalue weighted by atomic mass is 16.5. The summed E-state index contributed by atoms with van der Waals surface area (Å²) in [6.07, 6.45) is 3.01. The predicted octanol–water partition coefficient (Wildman–Crippen LogP) is 2.23. The average Bonchev–Trinajstić information content (AvgIpc) is 2.25. The Hall–Kier alpha value is -1.77. The molecule has 0 aromatic heterocycles. The quantitative estimate of drug-likeness (QED) is 0.584. The van der Waals surface area contributed by atoms with Crippen molar-refractivity contribution >= 4 is 11.9 Å². The van der Waals surface area contributed by atoms with Crippen LogP contribution in [0.4, 0.5) is 5.69 Å². The zero-order valence-corrected chi connectivity index (χ0v) is 8.18. The molecule has 3 nitrogen and oxygen atoms in total. The van der Waals surface area contributed by atoms with E-state index in [1.165, 1.54) is 6.20 Å². The Bertz CT molecular complexity index is 317. The first-order chi connectivity index (χ1) is 6.86. The van der Waals surface area contributed by atoms with E-state index in [0.717, 1.165) is 5.69 Å². The first-order valence-electron chi connectivity index (χ1n) is 4.50. The third-order valence-electron chi connectivity index (χ3n) is 1.57. The molecule has 3 heteroatoms. The molecule has 0 atom stereocenters. The SMILES string of the molecule is CCOC(C=Nc1ccccc1)=CN. The molecule has 0 aliphatic carbocycles. The topological polar surface area (TPSA) is 47.6 Å². The summed E-state index contributed by atoms with van der Waals surface area (Å²) in [7, 11) is 0. The molecule has 1 aromatic carbocycles. The number of aliphatic imine (C=N–C) groups is 1. The summed E-state index contributed by atoms with van der Waals surface area (Å²) in [5.74, 6) is 0.580. The number of ether oxygens (including phenoxy) is 1. The molecule has 0 radical (unpaired) electrons. The van der Waals surface area contributed by atoms with Crippen molar-refractivity contribution in [1.82, 2.24) is 0 Å². The van der Waals surface area contributed by atoms with Crippen molar-refractivity contribution in [3.8, 4) is 0 Å². The average molecular weight is 190 g/mol. The number of nitrogens with zero attached hydrogens (tertiary/aromatic N) is 1.